The first-order chi connectivity index (χ1) is 15.9. The summed E-state index contributed by atoms with van der Waals surface area (Å²) in [7, 11) is 0. The van der Waals surface area contributed by atoms with E-state index in [0.717, 1.165) is 58.8 Å². The standard InChI is InChI=1S/C22H24FN5OS.CH2O2/c1-12-25-17-9-19(29)14(8-20(17)30-12)16-7-13-3-6-28(21(13)27-26-16)18-10-22(4-2-5-22)24-11-15(18)23;2-1-3/h7-9,15,18,24,29H,2-6,10-11H2,1H3;1H,(H,2,3)/t15-,18+;/m0./s1. The van der Waals surface area contributed by atoms with Crippen molar-refractivity contribution >= 4 is 33.8 Å². The Morgan fingerprint density at radius 1 is 1.30 bits per heavy atom. The van der Waals surface area contributed by atoms with Crippen molar-refractivity contribution in [1.82, 2.24) is 20.5 Å². The summed E-state index contributed by atoms with van der Waals surface area (Å²) in [4.78, 5) is 14.9. The number of anilines is 1. The monoisotopic (exact) mass is 471 g/mol. The molecule has 3 N–H and O–H groups in total. The van der Waals surface area contributed by atoms with E-state index < -0.39 is 6.17 Å². The molecule has 10 heteroatoms. The molecule has 6 rings (SSSR count). The molecule has 0 bridgehead atoms. The van der Waals surface area contributed by atoms with Gasteiger partial charge in [0.25, 0.3) is 6.47 Å². The molecule has 0 amide bonds. The molecule has 3 aromatic rings. The van der Waals surface area contributed by atoms with Gasteiger partial charge in [-0.2, -0.15) is 0 Å². The summed E-state index contributed by atoms with van der Waals surface area (Å²) in [6, 6.07) is 5.49. The lowest BCUT2D eigenvalue weighted by Gasteiger charge is -2.51. The van der Waals surface area contributed by atoms with Crippen LogP contribution in [-0.4, -0.2) is 62.7 Å². The van der Waals surface area contributed by atoms with Crippen LogP contribution in [0.1, 0.15) is 36.3 Å². The average molecular weight is 472 g/mol. The highest BCUT2D eigenvalue weighted by Crippen LogP contribution is 2.43. The second-order valence-corrected chi connectivity index (χ2v) is 10.2. The van der Waals surface area contributed by atoms with Crippen molar-refractivity contribution in [1.29, 1.82) is 0 Å². The fraction of sp³-hybridized carbons (Fsp3) is 0.478. The van der Waals surface area contributed by atoms with Crippen LogP contribution in [0.3, 0.4) is 0 Å². The number of hydrogen-bond acceptors (Lipinski definition) is 8. The molecule has 3 aliphatic rings. The maximum absolute atomic E-state index is 14.9. The molecule has 1 aliphatic carbocycles. The third kappa shape index (κ3) is 3.91. The van der Waals surface area contributed by atoms with Gasteiger partial charge >= 0.3 is 0 Å². The largest absolute Gasteiger partial charge is 0.507 e. The first kappa shape index (κ1) is 22.0. The van der Waals surface area contributed by atoms with Crippen molar-refractivity contribution < 1.29 is 19.4 Å². The zero-order valence-corrected chi connectivity index (χ0v) is 19.1. The zero-order valence-electron chi connectivity index (χ0n) is 18.3. The summed E-state index contributed by atoms with van der Waals surface area (Å²) in [5.74, 6) is 0.961. The van der Waals surface area contributed by atoms with E-state index >= 15 is 0 Å². The van der Waals surface area contributed by atoms with E-state index in [4.69, 9.17) is 9.90 Å². The van der Waals surface area contributed by atoms with Crippen LogP contribution in [-0.2, 0) is 11.2 Å². The number of piperidine rings is 1. The van der Waals surface area contributed by atoms with Gasteiger partial charge < -0.3 is 20.4 Å². The first-order valence-electron chi connectivity index (χ1n) is 11.1. The van der Waals surface area contributed by atoms with Crippen molar-refractivity contribution in [2.45, 2.75) is 56.8 Å². The van der Waals surface area contributed by atoms with Crippen LogP contribution in [0.5, 0.6) is 5.75 Å². The molecule has 2 aromatic heterocycles. The maximum atomic E-state index is 14.9. The van der Waals surface area contributed by atoms with Crippen molar-refractivity contribution in [3.05, 3.63) is 28.8 Å². The molecule has 2 atom stereocenters. The molecular weight excluding hydrogens is 445 g/mol. The fourth-order valence-electron chi connectivity index (χ4n) is 5.27. The van der Waals surface area contributed by atoms with Gasteiger partial charge in [0, 0.05) is 35.8 Å². The molecule has 174 valence electrons. The minimum atomic E-state index is -0.898. The Labute approximate surface area is 194 Å². The van der Waals surface area contributed by atoms with Gasteiger partial charge in [0.05, 0.1) is 27.0 Å². The molecule has 2 fully saturated rings. The van der Waals surface area contributed by atoms with E-state index in [1.165, 1.54) is 6.42 Å². The predicted octanol–water partition coefficient (Wildman–Crippen LogP) is 3.45. The molecule has 1 aromatic carbocycles. The number of benzene rings is 1. The average Bonchev–Trinajstić information content (AvgIpc) is 3.34. The number of phenolic OH excluding ortho intramolecular Hbond substituents is 1. The minimum Gasteiger partial charge on any atom is -0.507 e. The van der Waals surface area contributed by atoms with E-state index in [2.05, 4.69) is 25.4 Å². The normalized spacial score (nSPS) is 23.0. The van der Waals surface area contributed by atoms with Gasteiger partial charge in [0.1, 0.15) is 11.9 Å². The summed E-state index contributed by atoms with van der Waals surface area (Å²) in [6.45, 7) is 2.90. The zero-order chi connectivity index (χ0) is 23.2. The summed E-state index contributed by atoms with van der Waals surface area (Å²) in [6.07, 6.45) is 4.26. The molecule has 0 unspecified atom stereocenters. The molecule has 33 heavy (non-hydrogen) atoms. The highest BCUT2D eigenvalue weighted by atomic mass is 32.1. The molecule has 1 spiro atoms. The summed E-state index contributed by atoms with van der Waals surface area (Å²) >= 11 is 1.60. The van der Waals surface area contributed by atoms with Crippen LogP contribution in [0.4, 0.5) is 10.2 Å². The lowest BCUT2D eigenvalue weighted by molar-refractivity contribution is -0.122. The Bertz CT molecular complexity index is 1200. The van der Waals surface area contributed by atoms with Gasteiger partial charge in [0.2, 0.25) is 0 Å². The Kier molecular flexibility index (Phi) is 5.65. The lowest BCUT2D eigenvalue weighted by atomic mass is 9.70. The highest BCUT2D eigenvalue weighted by Gasteiger charge is 2.47. The second-order valence-electron chi connectivity index (χ2n) is 9.00. The summed E-state index contributed by atoms with van der Waals surface area (Å²) < 4.78 is 15.9. The maximum Gasteiger partial charge on any atom is 0.290 e. The van der Waals surface area contributed by atoms with Crippen LogP contribution < -0.4 is 10.2 Å². The summed E-state index contributed by atoms with van der Waals surface area (Å²) in [5.41, 5.74) is 3.31. The van der Waals surface area contributed by atoms with Crippen LogP contribution in [0.25, 0.3) is 21.5 Å². The number of nitrogens with one attached hydrogen (secondary N) is 1. The molecular formula is C23H26FN5O3S. The SMILES string of the molecule is Cc1nc2cc(O)c(-c3cc4c(nn3)N([C@@H]3CC5(CCC5)NC[C@@H]3F)CC4)cc2s1.O=CO. The van der Waals surface area contributed by atoms with Crippen LogP contribution in [0.2, 0.25) is 0 Å². The Balaban J connectivity index is 0.000000724. The first-order valence-corrected chi connectivity index (χ1v) is 12.0. The quantitative estimate of drug-likeness (QED) is 0.488. The molecule has 1 saturated heterocycles. The molecule has 4 heterocycles. The smallest absolute Gasteiger partial charge is 0.290 e. The van der Waals surface area contributed by atoms with Gasteiger partial charge in [-0.1, -0.05) is 0 Å². The summed E-state index contributed by atoms with van der Waals surface area (Å²) in [5, 5.41) is 30.8. The highest BCUT2D eigenvalue weighted by molar-refractivity contribution is 7.18. The van der Waals surface area contributed by atoms with E-state index in [-0.39, 0.29) is 23.8 Å². The lowest BCUT2D eigenvalue weighted by Crippen LogP contribution is -2.64. The number of thiazole rings is 1. The number of halogens is 1. The van der Waals surface area contributed by atoms with Crippen molar-refractivity contribution in [3.63, 3.8) is 0 Å². The van der Waals surface area contributed by atoms with E-state index in [1.54, 1.807) is 17.4 Å². The van der Waals surface area contributed by atoms with Crippen molar-refractivity contribution in [2.75, 3.05) is 18.0 Å². The molecule has 0 radical (unpaired) electrons. The topological polar surface area (TPSA) is 111 Å². The number of rotatable bonds is 2. The van der Waals surface area contributed by atoms with Crippen LogP contribution in [0, 0.1) is 6.92 Å². The number of nitrogens with zero attached hydrogens (tertiary/aromatic N) is 4. The second kappa shape index (κ2) is 8.49. The minimum absolute atomic E-state index is 0.122. The third-order valence-corrected chi connectivity index (χ3v) is 7.97. The van der Waals surface area contributed by atoms with E-state index in [0.29, 0.717) is 17.8 Å². The van der Waals surface area contributed by atoms with Crippen LogP contribution >= 0.6 is 11.3 Å². The number of phenols is 1. The number of hydrogen-bond donors (Lipinski definition) is 3. The number of carboxylic acid groups (broad SMARTS) is 1. The molecule has 1 saturated carbocycles. The van der Waals surface area contributed by atoms with Gasteiger partial charge in [-0.3, -0.25) is 4.79 Å². The predicted molar refractivity (Wildman–Crippen MR) is 125 cm³/mol. The number of aryl methyl sites for hydroxylation is 1. The Hall–Kier alpha value is -2.85. The van der Waals surface area contributed by atoms with Crippen molar-refractivity contribution in [2.24, 2.45) is 0 Å². The Morgan fingerprint density at radius 3 is 2.82 bits per heavy atom. The van der Waals surface area contributed by atoms with Gasteiger partial charge in [0.15, 0.2) is 5.82 Å². The van der Waals surface area contributed by atoms with Gasteiger partial charge in [-0.15, -0.1) is 21.5 Å². The van der Waals surface area contributed by atoms with Crippen molar-refractivity contribution in [3.8, 4) is 17.0 Å². The number of alkyl halides is 1. The van der Waals surface area contributed by atoms with E-state index in [9.17, 15) is 9.50 Å². The molecule has 8 nitrogen and oxygen atoms in total. The van der Waals surface area contributed by atoms with Gasteiger partial charge in [-0.25, -0.2) is 9.37 Å². The molecule has 2 aliphatic heterocycles. The number of aromatic hydroxyl groups is 1. The van der Waals surface area contributed by atoms with E-state index in [1.807, 2.05) is 19.1 Å². The number of aromatic nitrogens is 3. The third-order valence-electron chi connectivity index (χ3n) is 7.03. The number of fused-ring (bicyclic) bond motifs is 2. The van der Waals surface area contributed by atoms with Gasteiger partial charge in [-0.05, 0) is 51.2 Å². The fourth-order valence-corrected chi connectivity index (χ4v) is 6.12. The Morgan fingerprint density at radius 2 is 2.09 bits per heavy atom. The van der Waals surface area contributed by atoms with Crippen LogP contribution in [0.15, 0.2) is 18.2 Å². The number of carbonyl (C=O) groups is 1.